The average molecular weight is 250 g/mol. The van der Waals surface area contributed by atoms with E-state index in [1.165, 1.54) is 12.1 Å². The first-order valence-electron chi connectivity index (χ1n) is 5.50. The fourth-order valence-corrected chi connectivity index (χ4v) is 1.70. The van der Waals surface area contributed by atoms with Crippen LogP contribution >= 0.6 is 0 Å². The number of methoxy groups -OCH3 is 1. The minimum absolute atomic E-state index is 0.0441. The van der Waals surface area contributed by atoms with Gasteiger partial charge in [0.25, 0.3) is 5.69 Å². The molecular formula is C11H14N4O3. The summed E-state index contributed by atoms with van der Waals surface area (Å²) in [6.07, 6.45) is 0. The fourth-order valence-electron chi connectivity index (χ4n) is 1.70. The van der Waals surface area contributed by atoms with Crippen LogP contribution in [0.2, 0.25) is 0 Å². The van der Waals surface area contributed by atoms with Crippen molar-refractivity contribution in [2.45, 2.75) is 13.0 Å². The van der Waals surface area contributed by atoms with E-state index in [0.29, 0.717) is 23.6 Å². The number of hydrogen-bond acceptors (Lipinski definition) is 5. The summed E-state index contributed by atoms with van der Waals surface area (Å²) in [5.74, 6) is 0.579. The number of nitro benzene ring substituents is 1. The number of nitrogens with one attached hydrogen (secondary N) is 2. The van der Waals surface area contributed by atoms with Gasteiger partial charge >= 0.3 is 0 Å². The summed E-state index contributed by atoms with van der Waals surface area (Å²) >= 11 is 0. The number of rotatable bonds is 5. The zero-order valence-corrected chi connectivity index (χ0v) is 10.1. The first-order valence-corrected chi connectivity index (χ1v) is 5.50. The van der Waals surface area contributed by atoms with Crippen molar-refractivity contribution in [3.05, 3.63) is 28.3 Å². The highest BCUT2D eigenvalue weighted by Crippen LogP contribution is 2.20. The van der Waals surface area contributed by atoms with Crippen molar-refractivity contribution in [2.24, 2.45) is 0 Å². The number of fused-ring (bicyclic) bond motifs is 1. The molecule has 1 unspecified atom stereocenters. The molecule has 18 heavy (non-hydrogen) atoms. The second-order valence-electron chi connectivity index (χ2n) is 4.04. The molecule has 7 heteroatoms. The summed E-state index contributed by atoms with van der Waals surface area (Å²) in [5.41, 5.74) is 1.37. The maximum absolute atomic E-state index is 10.7. The molecule has 0 spiro atoms. The van der Waals surface area contributed by atoms with Crippen LogP contribution in [-0.4, -0.2) is 34.6 Å². The van der Waals surface area contributed by atoms with Gasteiger partial charge in [-0.1, -0.05) is 0 Å². The lowest BCUT2D eigenvalue weighted by molar-refractivity contribution is -0.384. The van der Waals surface area contributed by atoms with Gasteiger partial charge in [-0.25, -0.2) is 4.98 Å². The lowest BCUT2D eigenvalue weighted by atomic mass is 10.3. The van der Waals surface area contributed by atoms with Crippen molar-refractivity contribution in [1.82, 2.24) is 9.97 Å². The molecule has 2 rings (SSSR count). The Morgan fingerprint density at radius 2 is 2.39 bits per heavy atom. The van der Waals surface area contributed by atoms with Crippen molar-refractivity contribution < 1.29 is 9.66 Å². The molecule has 0 amide bonds. The first kappa shape index (κ1) is 12.3. The topological polar surface area (TPSA) is 93.1 Å². The Hall–Kier alpha value is -2.15. The zero-order chi connectivity index (χ0) is 13.1. The second-order valence-corrected chi connectivity index (χ2v) is 4.04. The number of H-pyrrole nitrogens is 1. The van der Waals surface area contributed by atoms with Crippen LogP contribution in [0.15, 0.2) is 18.2 Å². The number of aromatic nitrogens is 2. The largest absolute Gasteiger partial charge is 0.383 e. The van der Waals surface area contributed by atoms with E-state index >= 15 is 0 Å². The number of aromatic amines is 1. The Kier molecular flexibility index (Phi) is 3.42. The predicted octanol–water partition coefficient (Wildman–Crippen LogP) is 1.92. The van der Waals surface area contributed by atoms with Crippen LogP contribution in [0.25, 0.3) is 11.0 Å². The van der Waals surface area contributed by atoms with Gasteiger partial charge in [0, 0.05) is 25.3 Å². The van der Waals surface area contributed by atoms with Gasteiger partial charge in [-0.2, -0.15) is 0 Å². The SMILES string of the molecule is COCC(C)Nc1nc2ccc([N+](=O)[O-])cc2[nH]1. The Bertz CT molecular complexity index is 566. The summed E-state index contributed by atoms with van der Waals surface area (Å²) in [5, 5.41) is 13.8. The van der Waals surface area contributed by atoms with Gasteiger partial charge in [-0.3, -0.25) is 10.1 Å². The molecule has 0 saturated carbocycles. The maximum Gasteiger partial charge on any atom is 0.271 e. The third-order valence-corrected chi connectivity index (χ3v) is 2.48. The van der Waals surface area contributed by atoms with E-state index in [9.17, 15) is 10.1 Å². The van der Waals surface area contributed by atoms with Crippen LogP contribution in [0.5, 0.6) is 0 Å². The van der Waals surface area contributed by atoms with Crippen molar-refractivity contribution in [2.75, 3.05) is 19.0 Å². The third kappa shape index (κ3) is 2.57. The molecule has 0 aliphatic carbocycles. The van der Waals surface area contributed by atoms with Gasteiger partial charge < -0.3 is 15.0 Å². The number of non-ortho nitro benzene ring substituents is 1. The van der Waals surface area contributed by atoms with Crippen molar-refractivity contribution in [3.8, 4) is 0 Å². The molecule has 0 bridgehead atoms. The van der Waals surface area contributed by atoms with E-state index < -0.39 is 4.92 Å². The number of nitrogens with zero attached hydrogens (tertiary/aromatic N) is 2. The Balaban J connectivity index is 2.24. The van der Waals surface area contributed by atoms with Gasteiger partial charge in [0.2, 0.25) is 5.95 Å². The minimum atomic E-state index is -0.430. The average Bonchev–Trinajstić information content (AvgIpc) is 2.69. The Labute approximate surface area is 103 Å². The molecule has 0 saturated heterocycles. The third-order valence-electron chi connectivity index (χ3n) is 2.48. The second kappa shape index (κ2) is 5.01. The smallest absolute Gasteiger partial charge is 0.271 e. The van der Waals surface area contributed by atoms with E-state index in [2.05, 4.69) is 15.3 Å². The molecule has 1 aromatic carbocycles. The monoisotopic (exact) mass is 250 g/mol. The summed E-state index contributed by atoms with van der Waals surface area (Å²) in [6.45, 7) is 2.51. The maximum atomic E-state index is 10.7. The quantitative estimate of drug-likeness (QED) is 0.624. The molecule has 1 heterocycles. The van der Waals surface area contributed by atoms with Crippen LogP contribution in [0.3, 0.4) is 0 Å². The van der Waals surface area contributed by atoms with Gasteiger partial charge in [0.05, 0.1) is 22.6 Å². The standard InChI is InChI=1S/C11H14N4O3/c1-7(6-18-2)12-11-13-9-4-3-8(15(16)17)5-10(9)14-11/h3-5,7H,6H2,1-2H3,(H2,12,13,14). The molecule has 2 N–H and O–H groups in total. The molecule has 2 aromatic rings. The lowest BCUT2D eigenvalue weighted by Gasteiger charge is -2.10. The van der Waals surface area contributed by atoms with E-state index in [1.54, 1.807) is 13.2 Å². The molecule has 0 aliphatic rings. The Morgan fingerprint density at radius 1 is 1.61 bits per heavy atom. The number of ether oxygens (including phenoxy) is 1. The number of hydrogen-bond donors (Lipinski definition) is 2. The van der Waals surface area contributed by atoms with E-state index in [0.717, 1.165) is 0 Å². The van der Waals surface area contributed by atoms with E-state index in [4.69, 9.17) is 4.74 Å². The van der Waals surface area contributed by atoms with Crippen LogP contribution in [0, 0.1) is 10.1 Å². The summed E-state index contributed by atoms with van der Waals surface area (Å²) in [6, 6.07) is 4.63. The highest BCUT2D eigenvalue weighted by Gasteiger charge is 2.10. The van der Waals surface area contributed by atoms with Gasteiger partial charge in [-0.05, 0) is 13.0 Å². The number of anilines is 1. The lowest BCUT2D eigenvalue weighted by Crippen LogP contribution is -2.21. The van der Waals surface area contributed by atoms with E-state index in [-0.39, 0.29) is 11.7 Å². The van der Waals surface area contributed by atoms with Gasteiger partial charge in [0.1, 0.15) is 0 Å². The van der Waals surface area contributed by atoms with Crippen LogP contribution in [0.4, 0.5) is 11.6 Å². The highest BCUT2D eigenvalue weighted by atomic mass is 16.6. The van der Waals surface area contributed by atoms with Crippen molar-refractivity contribution >= 4 is 22.7 Å². The molecule has 1 atom stereocenters. The van der Waals surface area contributed by atoms with Gasteiger partial charge in [-0.15, -0.1) is 0 Å². The van der Waals surface area contributed by atoms with Crippen molar-refractivity contribution in [3.63, 3.8) is 0 Å². The molecule has 1 aromatic heterocycles. The number of benzene rings is 1. The van der Waals surface area contributed by atoms with Crippen LogP contribution < -0.4 is 5.32 Å². The van der Waals surface area contributed by atoms with Gasteiger partial charge in [0.15, 0.2) is 0 Å². The van der Waals surface area contributed by atoms with Crippen molar-refractivity contribution in [1.29, 1.82) is 0 Å². The minimum Gasteiger partial charge on any atom is -0.383 e. The molecule has 0 aliphatic heterocycles. The summed E-state index contributed by atoms with van der Waals surface area (Å²) < 4.78 is 5.01. The molecule has 0 fully saturated rings. The molecule has 0 radical (unpaired) electrons. The van der Waals surface area contributed by atoms with Crippen LogP contribution in [-0.2, 0) is 4.74 Å². The zero-order valence-electron chi connectivity index (χ0n) is 10.1. The summed E-state index contributed by atoms with van der Waals surface area (Å²) in [7, 11) is 1.63. The molecule has 96 valence electrons. The Morgan fingerprint density at radius 3 is 3.06 bits per heavy atom. The first-order chi connectivity index (χ1) is 8.60. The fraction of sp³-hybridized carbons (Fsp3) is 0.364. The highest BCUT2D eigenvalue weighted by molar-refractivity contribution is 5.79. The van der Waals surface area contributed by atoms with E-state index in [1.807, 2.05) is 6.92 Å². The van der Waals surface area contributed by atoms with Crippen LogP contribution in [0.1, 0.15) is 6.92 Å². The predicted molar refractivity (Wildman–Crippen MR) is 67.7 cm³/mol. The number of nitro groups is 1. The number of imidazole rings is 1. The normalized spacial score (nSPS) is 12.6. The summed E-state index contributed by atoms with van der Waals surface area (Å²) in [4.78, 5) is 17.5. The molecular weight excluding hydrogens is 236 g/mol. The molecule has 7 nitrogen and oxygen atoms in total.